The van der Waals surface area contributed by atoms with Crippen molar-refractivity contribution in [3.05, 3.63) is 58.6 Å². The average molecular weight is 348 g/mol. The number of hydrogen-bond acceptors (Lipinski definition) is 3. The van der Waals surface area contributed by atoms with Crippen LogP contribution in [0.5, 0.6) is 0 Å². The van der Waals surface area contributed by atoms with Gasteiger partial charge in [-0.1, -0.05) is 11.6 Å². The number of hydrogen-bond donors (Lipinski definition) is 1. The van der Waals surface area contributed by atoms with E-state index < -0.39 is 11.7 Å². The van der Waals surface area contributed by atoms with Gasteiger partial charge in [-0.2, -0.15) is 0 Å². The van der Waals surface area contributed by atoms with Crippen LogP contribution in [0.25, 0.3) is 0 Å². The minimum absolute atomic E-state index is 0.0845. The topological polar surface area (TPSA) is 62.3 Å². The highest BCUT2D eigenvalue weighted by Crippen LogP contribution is 2.20. The van der Waals surface area contributed by atoms with Crippen LogP contribution in [0.4, 0.5) is 10.1 Å². The molecule has 24 heavy (non-hydrogen) atoms. The molecule has 1 N–H and O–H groups in total. The predicted molar refractivity (Wildman–Crippen MR) is 88.7 cm³/mol. The van der Waals surface area contributed by atoms with Gasteiger partial charge in [0.1, 0.15) is 11.5 Å². The molecular formula is C17H15ClFN3O2. The number of halogens is 2. The van der Waals surface area contributed by atoms with Crippen LogP contribution in [0, 0.1) is 5.82 Å². The van der Waals surface area contributed by atoms with Crippen LogP contribution in [0.1, 0.15) is 33.7 Å². The van der Waals surface area contributed by atoms with Gasteiger partial charge in [-0.15, -0.1) is 0 Å². The summed E-state index contributed by atoms with van der Waals surface area (Å²) >= 11 is 5.69. The van der Waals surface area contributed by atoms with Gasteiger partial charge < -0.3 is 10.2 Å². The Kier molecular flexibility index (Phi) is 4.76. The standard InChI is InChI=1S/C17H15ClFN3O2/c18-13-10-12(3-4-14(13)19)21-16(23)15-9-11(5-6-20-15)17(24)22-7-1-2-8-22/h3-6,9-10H,1-2,7-8H2,(H,21,23). The molecule has 2 heterocycles. The van der Waals surface area contributed by atoms with Gasteiger partial charge in [-0.25, -0.2) is 4.39 Å². The highest BCUT2D eigenvalue weighted by Gasteiger charge is 2.20. The lowest BCUT2D eigenvalue weighted by Gasteiger charge is -2.15. The summed E-state index contributed by atoms with van der Waals surface area (Å²) < 4.78 is 13.1. The second-order valence-corrected chi connectivity index (χ2v) is 5.92. The van der Waals surface area contributed by atoms with E-state index in [1.165, 1.54) is 30.5 Å². The van der Waals surface area contributed by atoms with Crippen molar-refractivity contribution in [1.29, 1.82) is 0 Å². The lowest BCUT2D eigenvalue weighted by molar-refractivity contribution is 0.0792. The molecule has 0 aliphatic carbocycles. The number of carbonyl (C=O) groups excluding carboxylic acids is 2. The molecule has 0 unspecified atom stereocenters. The Morgan fingerprint density at radius 1 is 1.17 bits per heavy atom. The van der Waals surface area contributed by atoms with Crippen LogP contribution < -0.4 is 5.32 Å². The largest absolute Gasteiger partial charge is 0.339 e. The molecule has 2 aromatic rings. The lowest BCUT2D eigenvalue weighted by Crippen LogP contribution is -2.28. The van der Waals surface area contributed by atoms with Crippen molar-refractivity contribution in [2.45, 2.75) is 12.8 Å². The molecular weight excluding hydrogens is 333 g/mol. The number of anilines is 1. The van der Waals surface area contributed by atoms with E-state index in [9.17, 15) is 14.0 Å². The quantitative estimate of drug-likeness (QED) is 0.926. The number of nitrogens with zero attached hydrogens (tertiary/aromatic N) is 2. The fourth-order valence-corrected chi connectivity index (χ4v) is 2.74. The van der Waals surface area contributed by atoms with E-state index in [1.54, 1.807) is 11.0 Å². The number of carbonyl (C=O) groups is 2. The van der Waals surface area contributed by atoms with E-state index in [0.29, 0.717) is 11.3 Å². The third-order valence-electron chi connectivity index (χ3n) is 3.81. The number of benzene rings is 1. The average Bonchev–Trinajstić information content (AvgIpc) is 3.12. The fourth-order valence-electron chi connectivity index (χ4n) is 2.56. The SMILES string of the molecule is O=C(Nc1ccc(F)c(Cl)c1)c1cc(C(=O)N2CCCC2)ccn1. The Morgan fingerprint density at radius 2 is 1.92 bits per heavy atom. The third kappa shape index (κ3) is 3.54. The van der Waals surface area contributed by atoms with Crippen LogP contribution in [0.2, 0.25) is 5.02 Å². The number of nitrogens with one attached hydrogen (secondary N) is 1. The van der Waals surface area contributed by atoms with Gasteiger partial charge in [-0.05, 0) is 43.2 Å². The Balaban J connectivity index is 1.76. The number of amides is 2. The fraction of sp³-hybridized carbons (Fsp3) is 0.235. The first kappa shape index (κ1) is 16.4. The summed E-state index contributed by atoms with van der Waals surface area (Å²) in [6, 6.07) is 6.93. The maximum absolute atomic E-state index is 13.1. The van der Waals surface area contributed by atoms with E-state index in [2.05, 4.69) is 10.3 Å². The number of pyridine rings is 1. The Morgan fingerprint density at radius 3 is 2.62 bits per heavy atom. The number of aromatic nitrogens is 1. The predicted octanol–water partition coefficient (Wildman–Crippen LogP) is 3.36. The van der Waals surface area contributed by atoms with Crippen molar-refractivity contribution < 1.29 is 14.0 Å². The van der Waals surface area contributed by atoms with Gasteiger partial charge in [0, 0.05) is 30.5 Å². The number of likely N-dealkylation sites (tertiary alicyclic amines) is 1. The van der Waals surface area contributed by atoms with E-state index in [-0.39, 0.29) is 16.6 Å². The van der Waals surface area contributed by atoms with Gasteiger partial charge in [0.2, 0.25) is 0 Å². The molecule has 1 saturated heterocycles. The zero-order valence-electron chi connectivity index (χ0n) is 12.8. The van der Waals surface area contributed by atoms with Crippen molar-refractivity contribution in [1.82, 2.24) is 9.88 Å². The van der Waals surface area contributed by atoms with E-state index >= 15 is 0 Å². The van der Waals surface area contributed by atoms with Gasteiger partial charge in [-0.3, -0.25) is 14.6 Å². The summed E-state index contributed by atoms with van der Waals surface area (Å²) in [6.07, 6.45) is 3.42. The maximum atomic E-state index is 13.1. The minimum atomic E-state index is -0.564. The van der Waals surface area contributed by atoms with Crippen LogP contribution >= 0.6 is 11.6 Å². The van der Waals surface area contributed by atoms with Crippen LogP contribution in [-0.4, -0.2) is 34.8 Å². The molecule has 1 aliphatic heterocycles. The summed E-state index contributed by atoms with van der Waals surface area (Å²) in [7, 11) is 0. The molecule has 2 amide bonds. The van der Waals surface area contributed by atoms with Crippen molar-refractivity contribution in [3.63, 3.8) is 0 Å². The molecule has 1 aromatic heterocycles. The first-order valence-corrected chi connectivity index (χ1v) is 7.94. The number of rotatable bonds is 3. The van der Waals surface area contributed by atoms with Gasteiger partial charge >= 0.3 is 0 Å². The van der Waals surface area contributed by atoms with Gasteiger partial charge in [0.25, 0.3) is 11.8 Å². The Hall–Kier alpha value is -2.47. The molecule has 3 rings (SSSR count). The highest BCUT2D eigenvalue weighted by molar-refractivity contribution is 6.31. The molecule has 0 bridgehead atoms. The van der Waals surface area contributed by atoms with Gasteiger partial charge in [0.05, 0.1) is 5.02 Å². The molecule has 5 nitrogen and oxygen atoms in total. The summed E-state index contributed by atoms with van der Waals surface area (Å²) in [5.41, 5.74) is 0.888. The molecule has 0 radical (unpaired) electrons. The molecule has 1 aromatic carbocycles. The Labute approximate surface area is 143 Å². The van der Waals surface area contributed by atoms with E-state index in [4.69, 9.17) is 11.6 Å². The summed E-state index contributed by atoms with van der Waals surface area (Å²) in [5, 5.41) is 2.50. The van der Waals surface area contributed by atoms with Crippen LogP contribution in [-0.2, 0) is 0 Å². The molecule has 0 spiro atoms. The maximum Gasteiger partial charge on any atom is 0.274 e. The van der Waals surface area contributed by atoms with Crippen LogP contribution in [0.15, 0.2) is 36.5 Å². The van der Waals surface area contributed by atoms with E-state index in [1.807, 2.05) is 0 Å². The molecule has 0 saturated carbocycles. The summed E-state index contributed by atoms with van der Waals surface area (Å²) in [4.78, 5) is 30.4. The molecule has 124 valence electrons. The van der Waals surface area contributed by atoms with E-state index in [0.717, 1.165) is 25.9 Å². The van der Waals surface area contributed by atoms with Crippen molar-refractivity contribution >= 4 is 29.1 Å². The molecule has 1 fully saturated rings. The van der Waals surface area contributed by atoms with Crippen molar-refractivity contribution in [3.8, 4) is 0 Å². The summed E-state index contributed by atoms with van der Waals surface area (Å²) in [6.45, 7) is 1.47. The highest BCUT2D eigenvalue weighted by atomic mass is 35.5. The molecule has 7 heteroatoms. The molecule has 0 atom stereocenters. The normalized spacial score (nSPS) is 13.8. The monoisotopic (exact) mass is 347 g/mol. The first-order chi connectivity index (χ1) is 11.5. The first-order valence-electron chi connectivity index (χ1n) is 7.56. The zero-order valence-corrected chi connectivity index (χ0v) is 13.5. The summed E-state index contributed by atoms with van der Waals surface area (Å²) in [5.74, 6) is -1.16. The van der Waals surface area contributed by atoms with Crippen molar-refractivity contribution in [2.24, 2.45) is 0 Å². The second kappa shape index (κ2) is 6.97. The lowest BCUT2D eigenvalue weighted by atomic mass is 10.2. The Bertz CT molecular complexity index is 791. The smallest absolute Gasteiger partial charge is 0.274 e. The second-order valence-electron chi connectivity index (χ2n) is 5.51. The zero-order chi connectivity index (χ0) is 17.1. The van der Waals surface area contributed by atoms with Crippen molar-refractivity contribution in [2.75, 3.05) is 18.4 Å². The van der Waals surface area contributed by atoms with Crippen LogP contribution in [0.3, 0.4) is 0 Å². The van der Waals surface area contributed by atoms with Gasteiger partial charge in [0.15, 0.2) is 0 Å². The minimum Gasteiger partial charge on any atom is -0.339 e. The molecule has 1 aliphatic rings. The third-order valence-corrected chi connectivity index (χ3v) is 4.10.